The molecule has 0 aliphatic heterocycles. The minimum Gasteiger partial charge on any atom is -0.211 e. The summed E-state index contributed by atoms with van der Waals surface area (Å²) in [5.41, 5.74) is 0.161. The van der Waals surface area contributed by atoms with E-state index in [0.29, 0.717) is 0 Å². The lowest BCUT2D eigenvalue weighted by atomic mass is 9.80. The number of isocyanates is 2. The third kappa shape index (κ3) is 5.26. The summed E-state index contributed by atoms with van der Waals surface area (Å²) in [4.78, 5) is 27.3. The highest BCUT2D eigenvalue weighted by atomic mass is 16.1. The van der Waals surface area contributed by atoms with E-state index < -0.39 is 6.17 Å². The SMILES string of the molecule is CCC(C)(C)CC(C)C(N=C=O)N=C=O. The van der Waals surface area contributed by atoms with E-state index in [0.717, 1.165) is 12.8 Å². The molecule has 0 saturated heterocycles. The van der Waals surface area contributed by atoms with Crippen LogP contribution in [0.25, 0.3) is 0 Å². The third-order valence-electron chi connectivity index (χ3n) is 2.71. The molecule has 0 aromatic carbocycles. The molecule has 0 spiro atoms. The smallest absolute Gasteiger partial charge is 0.211 e. The van der Waals surface area contributed by atoms with Crippen LogP contribution in [0.15, 0.2) is 9.98 Å². The zero-order valence-corrected chi connectivity index (χ0v) is 9.78. The fourth-order valence-corrected chi connectivity index (χ4v) is 1.51. The summed E-state index contributed by atoms with van der Waals surface area (Å²) < 4.78 is 0. The Morgan fingerprint density at radius 1 is 1.20 bits per heavy atom. The molecule has 84 valence electrons. The maximum Gasteiger partial charge on any atom is 0.237 e. The predicted octanol–water partition coefficient (Wildman–Crippen LogP) is 2.45. The van der Waals surface area contributed by atoms with Crippen LogP contribution in [0.2, 0.25) is 0 Å². The predicted molar refractivity (Wildman–Crippen MR) is 57.9 cm³/mol. The molecule has 0 radical (unpaired) electrons. The molecular formula is C11H18N2O2. The highest BCUT2D eigenvalue weighted by molar-refractivity contribution is 5.37. The summed E-state index contributed by atoms with van der Waals surface area (Å²) >= 11 is 0. The number of rotatable bonds is 6. The largest absolute Gasteiger partial charge is 0.237 e. The van der Waals surface area contributed by atoms with Crippen molar-refractivity contribution < 1.29 is 9.59 Å². The first-order valence-electron chi connectivity index (χ1n) is 5.11. The monoisotopic (exact) mass is 210 g/mol. The second-order valence-corrected chi connectivity index (χ2v) is 4.55. The van der Waals surface area contributed by atoms with Gasteiger partial charge in [-0.3, -0.25) is 0 Å². The molecule has 0 fully saturated rings. The molecule has 0 saturated carbocycles. The van der Waals surface area contributed by atoms with Crippen LogP contribution in [0, 0.1) is 11.3 Å². The second-order valence-electron chi connectivity index (χ2n) is 4.55. The van der Waals surface area contributed by atoms with Crippen molar-refractivity contribution in [2.45, 2.75) is 46.7 Å². The van der Waals surface area contributed by atoms with E-state index in [-0.39, 0.29) is 11.3 Å². The molecule has 15 heavy (non-hydrogen) atoms. The van der Waals surface area contributed by atoms with Crippen LogP contribution in [0.1, 0.15) is 40.5 Å². The van der Waals surface area contributed by atoms with E-state index in [1.807, 2.05) is 6.92 Å². The number of hydrogen-bond donors (Lipinski definition) is 0. The Morgan fingerprint density at radius 2 is 1.67 bits per heavy atom. The minimum atomic E-state index is -0.633. The van der Waals surface area contributed by atoms with Crippen molar-refractivity contribution in [2.24, 2.45) is 21.3 Å². The fraction of sp³-hybridized carbons (Fsp3) is 0.818. The van der Waals surface area contributed by atoms with Gasteiger partial charge in [0, 0.05) is 5.92 Å². The van der Waals surface area contributed by atoms with E-state index in [2.05, 4.69) is 30.8 Å². The first kappa shape index (κ1) is 13.8. The van der Waals surface area contributed by atoms with Crippen LogP contribution in [0.5, 0.6) is 0 Å². The van der Waals surface area contributed by atoms with Crippen LogP contribution < -0.4 is 0 Å². The summed E-state index contributed by atoms with van der Waals surface area (Å²) in [6, 6.07) is 0. The molecule has 0 aromatic rings. The topological polar surface area (TPSA) is 58.9 Å². The summed E-state index contributed by atoms with van der Waals surface area (Å²) in [7, 11) is 0. The highest BCUT2D eigenvalue weighted by Crippen LogP contribution is 2.31. The van der Waals surface area contributed by atoms with Gasteiger partial charge < -0.3 is 0 Å². The Kier molecular flexibility index (Phi) is 5.76. The Morgan fingerprint density at radius 3 is 2.00 bits per heavy atom. The average Bonchev–Trinajstić information content (AvgIpc) is 2.17. The Bertz CT molecular complexity index is 269. The Labute approximate surface area is 90.5 Å². The van der Waals surface area contributed by atoms with Gasteiger partial charge in [0.25, 0.3) is 0 Å². The molecular weight excluding hydrogens is 192 g/mol. The van der Waals surface area contributed by atoms with E-state index >= 15 is 0 Å². The Balaban J connectivity index is 4.57. The summed E-state index contributed by atoms with van der Waals surface area (Å²) in [6.45, 7) is 8.29. The van der Waals surface area contributed by atoms with Crippen molar-refractivity contribution in [3.05, 3.63) is 0 Å². The molecule has 4 nitrogen and oxygen atoms in total. The Hall–Kier alpha value is -1.24. The summed E-state index contributed by atoms with van der Waals surface area (Å²) in [6.07, 6.45) is 4.12. The van der Waals surface area contributed by atoms with Crippen LogP contribution in [0.3, 0.4) is 0 Å². The fourth-order valence-electron chi connectivity index (χ4n) is 1.51. The van der Waals surface area contributed by atoms with Gasteiger partial charge >= 0.3 is 0 Å². The van der Waals surface area contributed by atoms with Crippen LogP contribution in [0.4, 0.5) is 0 Å². The number of nitrogens with zero attached hydrogens (tertiary/aromatic N) is 2. The van der Waals surface area contributed by atoms with Gasteiger partial charge in [0.05, 0.1) is 0 Å². The van der Waals surface area contributed by atoms with Gasteiger partial charge in [0.2, 0.25) is 12.2 Å². The lowest BCUT2D eigenvalue weighted by Crippen LogP contribution is -2.21. The van der Waals surface area contributed by atoms with Gasteiger partial charge in [-0.1, -0.05) is 34.1 Å². The first-order valence-corrected chi connectivity index (χ1v) is 5.11. The maximum atomic E-state index is 10.1. The van der Waals surface area contributed by atoms with Crippen molar-refractivity contribution in [3.63, 3.8) is 0 Å². The van der Waals surface area contributed by atoms with Crippen molar-refractivity contribution >= 4 is 12.2 Å². The molecule has 0 N–H and O–H groups in total. The molecule has 0 aliphatic carbocycles. The molecule has 0 aliphatic rings. The second kappa shape index (κ2) is 6.28. The first-order chi connectivity index (χ1) is 6.96. The molecule has 0 rings (SSSR count). The van der Waals surface area contributed by atoms with E-state index in [4.69, 9.17) is 0 Å². The zero-order chi connectivity index (χ0) is 11.9. The van der Waals surface area contributed by atoms with Gasteiger partial charge in [0.15, 0.2) is 6.17 Å². The number of hydrogen-bond acceptors (Lipinski definition) is 4. The molecule has 0 aromatic heterocycles. The molecule has 0 amide bonds. The quantitative estimate of drug-likeness (QED) is 0.499. The third-order valence-corrected chi connectivity index (χ3v) is 2.71. The zero-order valence-electron chi connectivity index (χ0n) is 9.78. The van der Waals surface area contributed by atoms with Gasteiger partial charge in [-0.25, -0.2) is 9.59 Å². The van der Waals surface area contributed by atoms with E-state index in [9.17, 15) is 9.59 Å². The standard InChI is InChI=1S/C11H18N2O2/c1-5-11(3,4)6-9(2)10(12-7-14)13-8-15/h9-10H,5-6H2,1-4H3. The maximum absolute atomic E-state index is 10.1. The minimum absolute atomic E-state index is 0.0443. The lowest BCUT2D eigenvalue weighted by molar-refractivity contribution is 0.247. The summed E-state index contributed by atoms with van der Waals surface area (Å²) in [5.74, 6) is 0.0443. The molecule has 1 unspecified atom stereocenters. The molecule has 1 atom stereocenters. The van der Waals surface area contributed by atoms with Crippen molar-refractivity contribution in [1.29, 1.82) is 0 Å². The van der Waals surface area contributed by atoms with Crippen LogP contribution in [-0.2, 0) is 9.59 Å². The highest BCUT2D eigenvalue weighted by Gasteiger charge is 2.24. The lowest BCUT2D eigenvalue weighted by Gasteiger charge is -2.27. The van der Waals surface area contributed by atoms with Crippen LogP contribution in [-0.4, -0.2) is 18.3 Å². The summed E-state index contributed by atoms with van der Waals surface area (Å²) in [5, 5.41) is 0. The van der Waals surface area contributed by atoms with E-state index in [1.165, 1.54) is 12.2 Å². The van der Waals surface area contributed by atoms with Crippen molar-refractivity contribution in [3.8, 4) is 0 Å². The average molecular weight is 210 g/mol. The van der Waals surface area contributed by atoms with Crippen molar-refractivity contribution in [1.82, 2.24) is 0 Å². The normalized spacial score (nSPS) is 14.7. The number of aliphatic imine (C=N–C) groups is 2. The molecule has 4 heteroatoms. The van der Waals surface area contributed by atoms with Gasteiger partial charge in [-0.05, 0) is 11.8 Å². The number of carbonyl (C=O) groups excluding carboxylic acids is 2. The van der Waals surface area contributed by atoms with Crippen molar-refractivity contribution in [2.75, 3.05) is 0 Å². The van der Waals surface area contributed by atoms with Gasteiger partial charge in [0.1, 0.15) is 0 Å². The van der Waals surface area contributed by atoms with Gasteiger partial charge in [-0.15, -0.1) is 0 Å². The molecule has 0 bridgehead atoms. The molecule has 0 heterocycles. The van der Waals surface area contributed by atoms with Gasteiger partial charge in [-0.2, -0.15) is 9.98 Å². The van der Waals surface area contributed by atoms with E-state index in [1.54, 1.807) is 0 Å². The van der Waals surface area contributed by atoms with Crippen LogP contribution >= 0.6 is 0 Å².